The van der Waals surface area contributed by atoms with E-state index >= 15 is 0 Å². The van der Waals surface area contributed by atoms with E-state index in [-0.39, 0.29) is 51.4 Å². The number of methoxy groups -OCH3 is 1. The predicted octanol–water partition coefficient (Wildman–Crippen LogP) is 0.831. The summed E-state index contributed by atoms with van der Waals surface area (Å²) >= 11 is 0. The number of benzene rings is 1. The maximum atomic E-state index is 13.2. The fourth-order valence-electron chi connectivity index (χ4n) is 3.86. The molecule has 0 spiro atoms. The topological polar surface area (TPSA) is 239 Å². The third-order valence-corrected chi connectivity index (χ3v) is 6.59. The molecule has 0 aliphatic heterocycles. The van der Waals surface area contributed by atoms with Crippen LogP contribution in [0.25, 0.3) is 0 Å². The first-order valence-electron chi connectivity index (χ1n) is 14.6. The molecule has 0 saturated carbocycles. The van der Waals surface area contributed by atoms with E-state index in [1.165, 1.54) is 31.0 Å². The lowest BCUT2D eigenvalue weighted by atomic mass is 10.0. The number of primary amides is 1. The first kappa shape index (κ1) is 38.9. The van der Waals surface area contributed by atoms with Gasteiger partial charge in [0.25, 0.3) is 0 Å². The van der Waals surface area contributed by atoms with Crippen molar-refractivity contribution >= 4 is 47.6 Å². The molecule has 0 aromatic heterocycles. The number of hydrogen-bond donors (Lipinski definition) is 6. The van der Waals surface area contributed by atoms with E-state index in [0.29, 0.717) is 11.3 Å². The van der Waals surface area contributed by atoms with Crippen LogP contribution >= 0.6 is 0 Å². The van der Waals surface area contributed by atoms with Gasteiger partial charge in [-0.25, -0.2) is 14.4 Å². The molecular formula is C29H45N7O10. The molecule has 2 atom stereocenters. The van der Waals surface area contributed by atoms with Crippen molar-refractivity contribution in [2.75, 3.05) is 46.2 Å². The number of carbonyl (C=O) groups excluding carboxylic acids is 6. The summed E-state index contributed by atoms with van der Waals surface area (Å²) in [4.78, 5) is 86.8. The van der Waals surface area contributed by atoms with Crippen LogP contribution in [-0.2, 0) is 35.3 Å². The van der Waals surface area contributed by atoms with Gasteiger partial charge in [-0.05, 0) is 36.5 Å². The number of nitrogens with two attached hydrogens (primary N) is 1. The Morgan fingerprint density at radius 3 is 2.04 bits per heavy atom. The van der Waals surface area contributed by atoms with Crippen molar-refractivity contribution in [2.24, 2.45) is 11.7 Å². The summed E-state index contributed by atoms with van der Waals surface area (Å²) in [6.07, 6.45) is -1.43. The van der Waals surface area contributed by atoms with E-state index < -0.39 is 60.4 Å². The predicted molar refractivity (Wildman–Crippen MR) is 165 cm³/mol. The summed E-state index contributed by atoms with van der Waals surface area (Å²) < 4.78 is 9.91. The Morgan fingerprint density at radius 1 is 0.891 bits per heavy atom. The molecule has 0 saturated heterocycles. The van der Waals surface area contributed by atoms with Crippen molar-refractivity contribution in [2.45, 2.75) is 58.2 Å². The molecule has 0 aliphatic carbocycles. The van der Waals surface area contributed by atoms with Crippen molar-refractivity contribution in [1.82, 2.24) is 25.8 Å². The molecule has 1 aromatic carbocycles. The van der Waals surface area contributed by atoms with Gasteiger partial charge in [0, 0.05) is 45.8 Å². The average molecular weight is 652 g/mol. The number of anilines is 1. The Morgan fingerprint density at radius 2 is 1.50 bits per heavy atom. The number of amides is 7. The summed E-state index contributed by atoms with van der Waals surface area (Å²) in [6.45, 7) is 3.95. The van der Waals surface area contributed by atoms with Crippen molar-refractivity contribution in [3.05, 3.63) is 29.8 Å². The highest BCUT2D eigenvalue weighted by atomic mass is 16.6. The zero-order chi connectivity index (χ0) is 34.8. The molecular weight excluding hydrogens is 606 g/mol. The van der Waals surface area contributed by atoms with Crippen LogP contribution in [-0.4, -0.2) is 110 Å². The quantitative estimate of drug-likeness (QED) is 0.122. The van der Waals surface area contributed by atoms with Gasteiger partial charge in [-0.3, -0.25) is 19.2 Å². The first-order valence-corrected chi connectivity index (χ1v) is 14.6. The second-order valence-electron chi connectivity index (χ2n) is 10.7. The molecule has 17 nitrogen and oxygen atoms in total. The third kappa shape index (κ3) is 15.1. The molecule has 1 rings (SSSR count). The summed E-state index contributed by atoms with van der Waals surface area (Å²) in [6, 6.07) is 3.62. The van der Waals surface area contributed by atoms with Gasteiger partial charge in [0.15, 0.2) is 0 Å². The zero-order valence-electron chi connectivity index (χ0n) is 26.8. The molecule has 7 amide bonds. The Hall–Kier alpha value is -5.09. The minimum Gasteiger partial charge on any atom is -0.481 e. The van der Waals surface area contributed by atoms with Crippen molar-refractivity contribution < 1.29 is 48.1 Å². The van der Waals surface area contributed by atoms with Crippen LogP contribution in [0.15, 0.2) is 24.3 Å². The number of hydrogen-bond acceptors (Lipinski definition) is 9. The smallest absolute Gasteiger partial charge is 0.409 e. The van der Waals surface area contributed by atoms with Gasteiger partial charge in [0.1, 0.15) is 18.7 Å². The maximum Gasteiger partial charge on any atom is 0.409 e. The van der Waals surface area contributed by atoms with E-state index in [2.05, 4.69) is 26.0 Å². The largest absolute Gasteiger partial charge is 0.481 e. The third-order valence-electron chi connectivity index (χ3n) is 6.59. The minimum atomic E-state index is -1.15. The molecule has 0 bridgehead atoms. The van der Waals surface area contributed by atoms with E-state index in [9.17, 15) is 33.6 Å². The summed E-state index contributed by atoms with van der Waals surface area (Å²) in [5, 5.41) is 19.1. The molecule has 46 heavy (non-hydrogen) atoms. The van der Waals surface area contributed by atoms with Gasteiger partial charge in [0.05, 0.1) is 13.5 Å². The Kier molecular flexibility index (Phi) is 17.0. The molecule has 0 radical (unpaired) electrons. The number of urea groups is 1. The summed E-state index contributed by atoms with van der Waals surface area (Å²) in [7, 11) is 4.33. The van der Waals surface area contributed by atoms with Crippen LogP contribution in [0.4, 0.5) is 20.1 Å². The molecule has 1 aromatic rings. The number of nitrogens with one attached hydrogen (secondary N) is 4. The lowest BCUT2D eigenvalue weighted by Crippen LogP contribution is -2.54. The van der Waals surface area contributed by atoms with E-state index in [1.54, 1.807) is 38.1 Å². The monoisotopic (exact) mass is 651 g/mol. The Bertz CT molecular complexity index is 1210. The number of carbonyl (C=O) groups is 7. The van der Waals surface area contributed by atoms with Crippen molar-refractivity contribution in [3.8, 4) is 0 Å². The number of nitrogens with zero attached hydrogens (tertiary/aromatic N) is 2. The number of aliphatic carboxylic acids is 1. The SMILES string of the molecule is COC(=O)N(C)CCN(C)C(=O)OCc1ccc(NC(=O)[C@H](CCCNC(N)=O)NC(=O)[C@@H](NC(=O)CCC(=O)O)C(C)C)cc1. The molecule has 0 aliphatic rings. The fourth-order valence-corrected chi connectivity index (χ4v) is 3.86. The van der Waals surface area contributed by atoms with Crippen LogP contribution in [0.2, 0.25) is 0 Å². The van der Waals surface area contributed by atoms with Crippen LogP contribution < -0.4 is 27.0 Å². The lowest BCUT2D eigenvalue weighted by molar-refractivity contribution is -0.139. The van der Waals surface area contributed by atoms with Gasteiger partial charge in [-0.1, -0.05) is 26.0 Å². The van der Waals surface area contributed by atoms with Gasteiger partial charge in [0.2, 0.25) is 17.7 Å². The normalized spacial score (nSPS) is 11.8. The summed E-state index contributed by atoms with van der Waals surface area (Å²) in [5.41, 5.74) is 6.12. The van der Waals surface area contributed by atoms with E-state index in [0.717, 1.165) is 0 Å². The Balaban J connectivity index is 2.84. The second-order valence-corrected chi connectivity index (χ2v) is 10.7. The second kappa shape index (κ2) is 20.0. The molecule has 0 fully saturated rings. The van der Waals surface area contributed by atoms with Crippen molar-refractivity contribution in [3.63, 3.8) is 0 Å². The van der Waals surface area contributed by atoms with Gasteiger partial charge < -0.3 is 51.4 Å². The highest BCUT2D eigenvalue weighted by molar-refractivity contribution is 5.98. The molecule has 17 heteroatoms. The van der Waals surface area contributed by atoms with Crippen LogP contribution in [0, 0.1) is 5.92 Å². The first-order chi connectivity index (χ1) is 21.6. The number of ether oxygens (including phenoxy) is 2. The average Bonchev–Trinajstić information content (AvgIpc) is 3.01. The number of carboxylic acid groups (broad SMARTS) is 1. The maximum absolute atomic E-state index is 13.2. The lowest BCUT2D eigenvalue weighted by Gasteiger charge is -2.25. The van der Waals surface area contributed by atoms with Crippen LogP contribution in [0.3, 0.4) is 0 Å². The highest BCUT2D eigenvalue weighted by Crippen LogP contribution is 2.13. The fraction of sp³-hybridized carbons (Fsp3) is 0.552. The van der Waals surface area contributed by atoms with Crippen LogP contribution in [0.5, 0.6) is 0 Å². The molecule has 7 N–H and O–H groups in total. The molecule has 256 valence electrons. The van der Waals surface area contributed by atoms with Gasteiger partial charge in [-0.2, -0.15) is 0 Å². The molecule has 0 unspecified atom stereocenters. The van der Waals surface area contributed by atoms with Crippen molar-refractivity contribution in [1.29, 1.82) is 0 Å². The highest BCUT2D eigenvalue weighted by Gasteiger charge is 2.29. The Labute approximate surface area is 267 Å². The standard InChI is InChI=1S/C29H45N7O10/c1-18(2)24(34-22(37)12-13-23(38)39)26(41)33-21(7-6-14-31-27(30)42)25(40)32-20-10-8-19(9-11-20)17-46-29(44)36(4)16-15-35(3)28(43)45-5/h8-11,18,21,24H,6-7,12-17H2,1-5H3,(H,32,40)(H,33,41)(H,34,37)(H,38,39)(H3,30,31,42)/t21-,24-/m0/s1. The van der Waals surface area contributed by atoms with Gasteiger partial charge >= 0.3 is 24.2 Å². The summed E-state index contributed by atoms with van der Waals surface area (Å²) in [5.74, 6) is -3.35. The minimum absolute atomic E-state index is 0.0510. The van der Waals surface area contributed by atoms with Crippen LogP contribution in [0.1, 0.15) is 45.1 Å². The van der Waals surface area contributed by atoms with Gasteiger partial charge in [-0.15, -0.1) is 0 Å². The molecule has 0 heterocycles. The number of likely N-dealkylation sites (N-methyl/N-ethyl adjacent to an activating group) is 2. The number of carboxylic acids is 1. The zero-order valence-corrected chi connectivity index (χ0v) is 26.8. The number of rotatable bonds is 18. The van der Waals surface area contributed by atoms with E-state index in [1.807, 2.05) is 0 Å². The van der Waals surface area contributed by atoms with E-state index in [4.69, 9.17) is 15.6 Å².